The third kappa shape index (κ3) is 8.07. The van der Waals surface area contributed by atoms with Crippen LogP contribution in [0.4, 0.5) is 34.1 Å². The number of nitrogens with zero attached hydrogens (tertiary/aromatic N) is 2. The van der Waals surface area contributed by atoms with Crippen LogP contribution in [-0.2, 0) is 0 Å². The van der Waals surface area contributed by atoms with Crippen molar-refractivity contribution < 1.29 is 0 Å². The molecule has 0 saturated carbocycles. The number of hydrogen-bond donors (Lipinski definition) is 0. The average Bonchev–Trinajstić information content (AvgIpc) is 3.17. The minimum absolute atomic E-state index is 0.721. The topological polar surface area (TPSA) is 6.48 Å². The van der Waals surface area contributed by atoms with E-state index in [0.717, 1.165) is 66.4 Å². The summed E-state index contributed by atoms with van der Waals surface area (Å²) in [5.41, 5.74) is 11.0. The maximum atomic E-state index is 6.18. The molecule has 0 saturated heterocycles. The first-order chi connectivity index (χ1) is 24.6. The second-order valence-electron chi connectivity index (χ2n) is 11.8. The first-order valence-corrected chi connectivity index (χ1v) is 17.2. The van der Waals surface area contributed by atoms with Crippen LogP contribution in [-0.4, -0.2) is 0 Å². The van der Waals surface area contributed by atoms with Crippen LogP contribution in [0.5, 0.6) is 0 Å². The molecule has 0 spiro atoms. The molecule has 0 heterocycles. The molecule has 0 amide bonds. The minimum atomic E-state index is 0.721. The Balaban J connectivity index is 1.02. The summed E-state index contributed by atoms with van der Waals surface area (Å²) in [4.78, 5) is 4.45. The van der Waals surface area contributed by atoms with Gasteiger partial charge in [0.25, 0.3) is 0 Å². The van der Waals surface area contributed by atoms with E-state index in [4.69, 9.17) is 23.2 Å². The zero-order valence-corrected chi connectivity index (χ0v) is 28.8. The van der Waals surface area contributed by atoms with Crippen molar-refractivity contribution in [2.75, 3.05) is 9.80 Å². The highest BCUT2D eigenvalue weighted by atomic mass is 35.5. The molecule has 7 rings (SSSR count). The van der Waals surface area contributed by atoms with Crippen LogP contribution in [0, 0.1) is 0 Å². The summed E-state index contributed by atoms with van der Waals surface area (Å²) in [5, 5.41) is 1.44. The van der Waals surface area contributed by atoms with Gasteiger partial charge in [-0.3, -0.25) is 0 Å². The van der Waals surface area contributed by atoms with Crippen LogP contribution >= 0.6 is 23.2 Å². The maximum absolute atomic E-state index is 6.18. The van der Waals surface area contributed by atoms with Gasteiger partial charge in [0.1, 0.15) is 0 Å². The molecule has 4 heteroatoms. The largest absolute Gasteiger partial charge is 0.311 e. The van der Waals surface area contributed by atoms with Gasteiger partial charge in [0, 0.05) is 44.2 Å². The maximum Gasteiger partial charge on any atom is 0.0462 e. The fraction of sp³-hybridized carbons (Fsp3) is 0. The highest BCUT2D eigenvalue weighted by Gasteiger charge is 2.13. The Morgan fingerprint density at radius 1 is 0.260 bits per heavy atom. The monoisotopic (exact) mass is 684 g/mol. The molecular weight excluding hydrogens is 651 g/mol. The predicted molar refractivity (Wildman–Crippen MR) is 217 cm³/mol. The van der Waals surface area contributed by atoms with E-state index in [1.54, 1.807) is 0 Å². The molecule has 7 aromatic carbocycles. The lowest BCUT2D eigenvalue weighted by molar-refractivity contribution is 1.28. The van der Waals surface area contributed by atoms with Gasteiger partial charge in [-0.05, 0) is 119 Å². The zero-order chi connectivity index (χ0) is 34.1. The summed E-state index contributed by atoms with van der Waals surface area (Å²) in [5.74, 6) is 0. The lowest BCUT2D eigenvalue weighted by Gasteiger charge is -2.25. The van der Waals surface area contributed by atoms with E-state index in [2.05, 4.69) is 155 Å². The fourth-order valence-corrected chi connectivity index (χ4v) is 6.05. The van der Waals surface area contributed by atoms with Crippen LogP contribution in [0.25, 0.3) is 24.3 Å². The number of para-hydroxylation sites is 2. The van der Waals surface area contributed by atoms with E-state index in [9.17, 15) is 0 Å². The van der Waals surface area contributed by atoms with Crippen LogP contribution in [0.2, 0.25) is 10.0 Å². The molecule has 0 N–H and O–H groups in total. The van der Waals surface area contributed by atoms with Gasteiger partial charge < -0.3 is 9.80 Å². The number of halogens is 2. The van der Waals surface area contributed by atoms with Gasteiger partial charge >= 0.3 is 0 Å². The van der Waals surface area contributed by atoms with E-state index >= 15 is 0 Å². The van der Waals surface area contributed by atoms with Gasteiger partial charge in [0.15, 0.2) is 0 Å². The Hall–Kier alpha value is -5.80. The van der Waals surface area contributed by atoms with Gasteiger partial charge in [0.05, 0.1) is 0 Å². The number of anilines is 6. The summed E-state index contributed by atoms with van der Waals surface area (Å²) in [6.45, 7) is 0. The number of benzene rings is 7. The molecule has 0 unspecified atom stereocenters. The lowest BCUT2D eigenvalue weighted by Crippen LogP contribution is -2.09. The van der Waals surface area contributed by atoms with Crippen molar-refractivity contribution in [1.29, 1.82) is 0 Å². The Morgan fingerprint density at radius 3 is 0.760 bits per heavy atom. The molecule has 7 aromatic rings. The lowest BCUT2D eigenvalue weighted by atomic mass is 10.1. The standard InChI is InChI=1S/C46H34Cl2N2/c47-39-23-31-45(32-24-39)49(41-7-3-1-4-8-41)43-27-19-37(20-28-43)17-15-35-11-13-36(14-12-35)16-18-38-21-29-44(30-22-38)50(42-9-5-2-6-10-42)46-33-25-40(48)26-34-46/h1-34H. The summed E-state index contributed by atoms with van der Waals surface area (Å²) < 4.78 is 0. The van der Waals surface area contributed by atoms with E-state index in [0.29, 0.717) is 0 Å². The zero-order valence-electron chi connectivity index (χ0n) is 27.3. The van der Waals surface area contributed by atoms with Gasteiger partial charge in [-0.15, -0.1) is 0 Å². The second-order valence-corrected chi connectivity index (χ2v) is 12.7. The van der Waals surface area contributed by atoms with E-state index < -0.39 is 0 Å². The van der Waals surface area contributed by atoms with Crippen molar-refractivity contribution in [2.45, 2.75) is 0 Å². The second kappa shape index (κ2) is 15.6. The minimum Gasteiger partial charge on any atom is -0.311 e. The normalized spacial score (nSPS) is 11.2. The molecule has 242 valence electrons. The van der Waals surface area contributed by atoms with Crippen molar-refractivity contribution in [1.82, 2.24) is 0 Å². The molecule has 0 aliphatic rings. The van der Waals surface area contributed by atoms with E-state index in [-0.39, 0.29) is 0 Å². The molecule has 0 aliphatic heterocycles. The first-order valence-electron chi connectivity index (χ1n) is 16.5. The summed E-state index contributed by atoms with van der Waals surface area (Å²) in [6, 6.07) is 62.4. The van der Waals surface area contributed by atoms with E-state index in [1.807, 2.05) is 60.7 Å². The Morgan fingerprint density at radius 2 is 0.480 bits per heavy atom. The Kier molecular flexibility index (Phi) is 10.2. The molecule has 0 aliphatic carbocycles. The highest BCUT2D eigenvalue weighted by molar-refractivity contribution is 6.31. The first kappa shape index (κ1) is 32.7. The Labute approximate surface area is 304 Å². The molecule has 0 bridgehead atoms. The smallest absolute Gasteiger partial charge is 0.0462 e. The Bertz CT molecular complexity index is 2010. The average molecular weight is 686 g/mol. The molecule has 0 aromatic heterocycles. The van der Waals surface area contributed by atoms with Crippen LogP contribution in [0.3, 0.4) is 0 Å². The molecule has 2 nitrogen and oxygen atoms in total. The summed E-state index contributed by atoms with van der Waals surface area (Å²) in [7, 11) is 0. The van der Waals surface area contributed by atoms with Crippen molar-refractivity contribution in [3.8, 4) is 0 Å². The molecule has 0 fully saturated rings. The molecule has 0 radical (unpaired) electrons. The quantitative estimate of drug-likeness (QED) is 0.132. The van der Waals surface area contributed by atoms with Crippen molar-refractivity contribution in [3.05, 3.63) is 214 Å². The predicted octanol–water partition coefficient (Wildman–Crippen LogP) is 14.3. The molecule has 0 atom stereocenters. The van der Waals surface area contributed by atoms with Crippen molar-refractivity contribution in [3.63, 3.8) is 0 Å². The van der Waals surface area contributed by atoms with Crippen molar-refractivity contribution >= 4 is 81.6 Å². The van der Waals surface area contributed by atoms with Crippen LogP contribution in [0.1, 0.15) is 22.3 Å². The van der Waals surface area contributed by atoms with Gasteiger partial charge in [-0.25, -0.2) is 0 Å². The third-order valence-electron chi connectivity index (χ3n) is 8.37. The fourth-order valence-electron chi connectivity index (χ4n) is 5.80. The van der Waals surface area contributed by atoms with E-state index in [1.165, 1.54) is 0 Å². The summed E-state index contributed by atoms with van der Waals surface area (Å²) >= 11 is 12.4. The molecule has 50 heavy (non-hydrogen) atoms. The van der Waals surface area contributed by atoms with Gasteiger partial charge in [-0.2, -0.15) is 0 Å². The SMILES string of the molecule is Clc1ccc(N(c2ccccc2)c2ccc(C=Cc3ccc(C=Cc4ccc(N(c5ccccc5)c5ccc(Cl)cc5)cc4)cc3)cc2)cc1. The highest BCUT2D eigenvalue weighted by Crippen LogP contribution is 2.36. The summed E-state index contributed by atoms with van der Waals surface area (Å²) in [6.07, 6.45) is 8.59. The number of hydrogen-bond acceptors (Lipinski definition) is 2. The van der Waals surface area contributed by atoms with Crippen LogP contribution in [0.15, 0.2) is 182 Å². The third-order valence-corrected chi connectivity index (χ3v) is 8.88. The molecular formula is C46H34Cl2N2. The van der Waals surface area contributed by atoms with Crippen molar-refractivity contribution in [2.24, 2.45) is 0 Å². The van der Waals surface area contributed by atoms with Gasteiger partial charge in [-0.1, -0.05) is 132 Å². The van der Waals surface area contributed by atoms with Gasteiger partial charge in [0.2, 0.25) is 0 Å². The van der Waals surface area contributed by atoms with Crippen LogP contribution < -0.4 is 9.80 Å². The number of rotatable bonds is 10.